The summed E-state index contributed by atoms with van der Waals surface area (Å²) < 4.78 is 4.64. The fourth-order valence-electron chi connectivity index (χ4n) is 1.69. The second-order valence-corrected chi connectivity index (χ2v) is 3.63. The van der Waals surface area contributed by atoms with E-state index in [2.05, 4.69) is 10.1 Å². The van der Waals surface area contributed by atoms with E-state index in [1.807, 2.05) is 0 Å². The zero-order valence-corrected chi connectivity index (χ0v) is 9.11. The minimum absolute atomic E-state index is 0.0548. The van der Waals surface area contributed by atoms with E-state index in [0.717, 1.165) is 5.69 Å². The van der Waals surface area contributed by atoms with Crippen LogP contribution in [-0.2, 0) is 9.53 Å². The van der Waals surface area contributed by atoms with Gasteiger partial charge in [0.2, 0.25) is 5.91 Å². The molecular weight excluding hydrogens is 208 g/mol. The minimum atomic E-state index is -0.381. The Morgan fingerprint density at radius 1 is 1.50 bits per heavy atom. The van der Waals surface area contributed by atoms with Gasteiger partial charge in [0.1, 0.15) is 0 Å². The van der Waals surface area contributed by atoms with Crippen LogP contribution in [0.2, 0.25) is 0 Å². The van der Waals surface area contributed by atoms with Crippen molar-refractivity contribution >= 4 is 23.3 Å². The van der Waals surface area contributed by atoms with Crippen molar-refractivity contribution in [3.63, 3.8) is 0 Å². The summed E-state index contributed by atoms with van der Waals surface area (Å²) in [6, 6.07) is 5.04. The van der Waals surface area contributed by atoms with Crippen molar-refractivity contribution < 1.29 is 14.3 Å². The van der Waals surface area contributed by atoms with Gasteiger partial charge in [0.25, 0.3) is 0 Å². The molecule has 5 nitrogen and oxygen atoms in total. The van der Waals surface area contributed by atoms with Crippen molar-refractivity contribution in [2.24, 2.45) is 0 Å². The third-order valence-corrected chi connectivity index (χ3v) is 2.48. The molecule has 2 rings (SSSR count). The maximum Gasteiger partial charge on any atom is 0.337 e. The highest BCUT2D eigenvalue weighted by molar-refractivity contribution is 6.02. The molecule has 0 spiro atoms. The smallest absolute Gasteiger partial charge is 0.337 e. The second-order valence-electron chi connectivity index (χ2n) is 3.63. The van der Waals surface area contributed by atoms with Crippen LogP contribution in [0.15, 0.2) is 18.2 Å². The molecule has 16 heavy (non-hydrogen) atoms. The fraction of sp³-hybridized carbons (Fsp3) is 0.273. The minimum Gasteiger partial charge on any atom is -0.465 e. The first-order valence-electron chi connectivity index (χ1n) is 4.85. The molecule has 84 valence electrons. The molecule has 0 bridgehead atoms. The summed E-state index contributed by atoms with van der Waals surface area (Å²) in [6.45, 7) is 0.289. The largest absolute Gasteiger partial charge is 0.465 e. The number of fused-ring (bicyclic) bond motifs is 1. The van der Waals surface area contributed by atoms with E-state index in [9.17, 15) is 9.59 Å². The molecule has 0 radical (unpaired) electrons. The number of benzene rings is 1. The zero-order valence-electron chi connectivity index (χ0n) is 9.11. The van der Waals surface area contributed by atoms with Crippen LogP contribution in [0.25, 0.3) is 0 Å². The number of hydrogen-bond donors (Lipinski definition) is 1. The maximum atomic E-state index is 11.3. The molecule has 1 heterocycles. The van der Waals surface area contributed by atoms with Gasteiger partial charge in [-0.05, 0) is 18.2 Å². The average molecular weight is 220 g/mol. The number of carbonyl (C=O) groups is 2. The van der Waals surface area contributed by atoms with Crippen molar-refractivity contribution in [3.05, 3.63) is 23.8 Å². The van der Waals surface area contributed by atoms with E-state index in [1.165, 1.54) is 7.11 Å². The van der Waals surface area contributed by atoms with Crippen molar-refractivity contribution in [2.45, 2.75) is 0 Å². The molecule has 1 aliphatic rings. The molecule has 5 heteroatoms. The first-order valence-corrected chi connectivity index (χ1v) is 4.85. The number of hydrogen-bond acceptors (Lipinski definition) is 4. The van der Waals surface area contributed by atoms with Crippen LogP contribution in [0.4, 0.5) is 11.4 Å². The number of anilines is 2. The highest BCUT2D eigenvalue weighted by Crippen LogP contribution is 2.29. The number of amides is 1. The van der Waals surface area contributed by atoms with Gasteiger partial charge in [-0.2, -0.15) is 0 Å². The number of ether oxygens (including phenoxy) is 1. The van der Waals surface area contributed by atoms with E-state index in [1.54, 1.807) is 30.1 Å². The first kappa shape index (κ1) is 10.5. The Kier molecular flexibility index (Phi) is 2.52. The van der Waals surface area contributed by atoms with E-state index >= 15 is 0 Å². The predicted octanol–water partition coefficient (Wildman–Crippen LogP) is 0.861. The quantitative estimate of drug-likeness (QED) is 0.713. The molecule has 0 saturated carbocycles. The number of rotatable bonds is 1. The van der Waals surface area contributed by atoms with Gasteiger partial charge in [-0.25, -0.2) is 4.79 Å². The summed E-state index contributed by atoms with van der Waals surface area (Å²) in [5.41, 5.74) is 2.01. The number of likely N-dealkylation sites (N-methyl/N-ethyl adjacent to an activating group) is 1. The lowest BCUT2D eigenvalue weighted by Crippen LogP contribution is -2.35. The molecule has 0 atom stereocenters. The van der Waals surface area contributed by atoms with E-state index in [4.69, 9.17) is 0 Å². The molecular formula is C11H12N2O3. The SMILES string of the molecule is COC(=O)c1ccc2c(c1)N(C)CC(=O)N2. The van der Waals surface area contributed by atoms with Crippen molar-refractivity contribution in [1.82, 2.24) is 0 Å². The highest BCUT2D eigenvalue weighted by Gasteiger charge is 2.20. The summed E-state index contributed by atoms with van der Waals surface area (Å²) >= 11 is 0. The Bertz CT molecular complexity index is 457. The van der Waals surface area contributed by atoms with E-state index < -0.39 is 0 Å². The van der Waals surface area contributed by atoms with Crippen LogP contribution >= 0.6 is 0 Å². The van der Waals surface area contributed by atoms with Crippen LogP contribution in [0.1, 0.15) is 10.4 Å². The number of nitrogens with zero attached hydrogens (tertiary/aromatic N) is 1. The molecule has 1 aliphatic heterocycles. The maximum absolute atomic E-state index is 11.3. The van der Waals surface area contributed by atoms with E-state index in [-0.39, 0.29) is 18.4 Å². The summed E-state index contributed by atoms with van der Waals surface area (Å²) in [7, 11) is 3.14. The van der Waals surface area contributed by atoms with Gasteiger partial charge < -0.3 is 15.0 Å². The molecule has 1 N–H and O–H groups in total. The van der Waals surface area contributed by atoms with Gasteiger partial charge >= 0.3 is 5.97 Å². The normalized spacial score (nSPS) is 14.1. The molecule has 0 aliphatic carbocycles. The monoisotopic (exact) mass is 220 g/mol. The Labute approximate surface area is 93.0 Å². The molecule has 0 saturated heterocycles. The standard InChI is InChI=1S/C11H12N2O3/c1-13-6-10(14)12-8-4-3-7(5-9(8)13)11(15)16-2/h3-5H,6H2,1-2H3,(H,12,14). The highest BCUT2D eigenvalue weighted by atomic mass is 16.5. The molecule has 0 fully saturated rings. The molecule has 0 unspecified atom stereocenters. The third kappa shape index (κ3) is 1.71. The van der Waals surface area contributed by atoms with Crippen molar-refractivity contribution in [3.8, 4) is 0 Å². The number of esters is 1. The first-order chi connectivity index (χ1) is 7.61. The second kappa shape index (κ2) is 3.84. The van der Waals surface area contributed by atoms with Crippen LogP contribution in [0, 0.1) is 0 Å². The number of nitrogens with one attached hydrogen (secondary N) is 1. The number of methoxy groups -OCH3 is 1. The topological polar surface area (TPSA) is 58.6 Å². The van der Waals surface area contributed by atoms with Gasteiger partial charge in [0.05, 0.1) is 30.6 Å². The Balaban J connectivity index is 2.42. The van der Waals surface area contributed by atoms with Crippen LogP contribution < -0.4 is 10.2 Å². The van der Waals surface area contributed by atoms with Crippen LogP contribution in [0.5, 0.6) is 0 Å². The van der Waals surface area contributed by atoms with Crippen molar-refractivity contribution in [1.29, 1.82) is 0 Å². The Morgan fingerprint density at radius 3 is 2.94 bits per heavy atom. The Morgan fingerprint density at radius 2 is 2.25 bits per heavy atom. The third-order valence-electron chi connectivity index (χ3n) is 2.48. The van der Waals surface area contributed by atoms with Crippen LogP contribution in [0.3, 0.4) is 0 Å². The summed E-state index contributed by atoms with van der Waals surface area (Å²) in [5.74, 6) is -0.436. The lowest BCUT2D eigenvalue weighted by atomic mass is 10.1. The molecule has 1 aromatic carbocycles. The number of carbonyl (C=O) groups excluding carboxylic acids is 2. The lowest BCUT2D eigenvalue weighted by molar-refractivity contribution is -0.115. The zero-order chi connectivity index (χ0) is 11.7. The Hall–Kier alpha value is -2.04. The molecule has 0 aromatic heterocycles. The molecule has 1 aromatic rings. The van der Waals surface area contributed by atoms with Crippen LogP contribution in [-0.4, -0.2) is 32.6 Å². The lowest BCUT2D eigenvalue weighted by Gasteiger charge is -2.27. The average Bonchev–Trinajstić information content (AvgIpc) is 2.27. The summed E-state index contributed by atoms with van der Waals surface area (Å²) in [4.78, 5) is 24.4. The van der Waals surface area contributed by atoms with Crippen molar-refractivity contribution in [2.75, 3.05) is 30.9 Å². The van der Waals surface area contributed by atoms with E-state index in [0.29, 0.717) is 11.3 Å². The predicted molar refractivity (Wildman–Crippen MR) is 59.7 cm³/mol. The van der Waals surface area contributed by atoms with Gasteiger partial charge in [-0.3, -0.25) is 4.79 Å². The fourth-order valence-corrected chi connectivity index (χ4v) is 1.69. The van der Waals surface area contributed by atoms with Gasteiger partial charge in [0, 0.05) is 7.05 Å². The van der Waals surface area contributed by atoms with Gasteiger partial charge in [-0.1, -0.05) is 0 Å². The summed E-state index contributed by atoms with van der Waals surface area (Å²) in [6.07, 6.45) is 0. The molecule has 1 amide bonds. The summed E-state index contributed by atoms with van der Waals surface area (Å²) in [5, 5.41) is 2.74. The van der Waals surface area contributed by atoms with Gasteiger partial charge in [-0.15, -0.1) is 0 Å². The van der Waals surface area contributed by atoms with Gasteiger partial charge in [0.15, 0.2) is 0 Å².